The molecule has 0 amide bonds. The number of carbonyl (C=O) groups is 2. The summed E-state index contributed by atoms with van der Waals surface area (Å²) in [6.07, 6.45) is 4.33. The Bertz CT molecular complexity index is 1060. The summed E-state index contributed by atoms with van der Waals surface area (Å²) in [6, 6.07) is 12.4. The van der Waals surface area contributed by atoms with Crippen molar-refractivity contribution in [2.45, 2.75) is 51.9 Å². The predicted octanol–water partition coefficient (Wildman–Crippen LogP) is 6.32. The van der Waals surface area contributed by atoms with E-state index in [4.69, 9.17) is 14.2 Å². The van der Waals surface area contributed by atoms with Gasteiger partial charge in [0.05, 0.1) is 13.2 Å². The molecule has 2 aromatic carbocycles. The average molecular weight is 481 g/mol. The number of rotatable bonds is 10. The van der Waals surface area contributed by atoms with E-state index in [9.17, 15) is 14.0 Å². The van der Waals surface area contributed by atoms with Gasteiger partial charge in [0.25, 0.3) is 0 Å². The predicted molar refractivity (Wildman–Crippen MR) is 133 cm³/mol. The van der Waals surface area contributed by atoms with Crippen molar-refractivity contribution in [1.82, 2.24) is 0 Å². The van der Waals surface area contributed by atoms with Gasteiger partial charge in [0, 0.05) is 23.6 Å². The minimum atomic E-state index is -0.559. The van der Waals surface area contributed by atoms with Crippen molar-refractivity contribution in [1.29, 1.82) is 0 Å². The zero-order valence-electron chi connectivity index (χ0n) is 20.5. The first kappa shape index (κ1) is 26.2. The summed E-state index contributed by atoms with van der Waals surface area (Å²) in [5.74, 6) is 0.300. The Morgan fingerprint density at radius 3 is 2.14 bits per heavy atom. The molecule has 0 unspecified atom stereocenters. The number of hydrogen-bond acceptors (Lipinski definition) is 5. The third-order valence-corrected chi connectivity index (χ3v) is 6.20. The largest absolute Gasteiger partial charge is 0.493 e. The first-order valence-corrected chi connectivity index (χ1v) is 11.9. The molecule has 0 spiro atoms. The van der Waals surface area contributed by atoms with Gasteiger partial charge in [-0.3, -0.25) is 0 Å². The first-order valence-electron chi connectivity index (χ1n) is 11.9. The lowest BCUT2D eigenvalue weighted by Crippen LogP contribution is -2.20. The van der Waals surface area contributed by atoms with Crippen molar-refractivity contribution in [3.8, 4) is 11.5 Å². The molecule has 1 fully saturated rings. The molecule has 1 aliphatic carbocycles. The number of ether oxygens (including phenoxy) is 3. The monoisotopic (exact) mass is 480 g/mol. The van der Waals surface area contributed by atoms with E-state index in [0.29, 0.717) is 36.7 Å². The molecule has 0 heterocycles. The average Bonchev–Trinajstić information content (AvgIpc) is 2.84. The van der Waals surface area contributed by atoms with Crippen LogP contribution in [0.4, 0.5) is 4.39 Å². The third kappa shape index (κ3) is 7.81. The van der Waals surface area contributed by atoms with Gasteiger partial charge in [-0.2, -0.15) is 0 Å². The molecular weight excluding hydrogens is 447 g/mol. The molecule has 1 aliphatic rings. The molecule has 0 radical (unpaired) electrons. The molecule has 186 valence electrons. The van der Waals surface area contributed by atoms with Crippen LogP contribution in [0.1, 0.15) is 56.6 Å². The number of halogens is 1. The van der Waals surface area contributed by atoms with Crippen molar-refractivity contribution < 1.29 is 28.2 Å². The van der Waals surface area contributed by atoms with Crippen LogP contribution in [0, 0.1) is 11.7 Å². The standard InChI is InChI=1S/C29H33FO5/c1-19(2)28(31)33-16-15-21-7-11-24(12-8-21)34-18-22-5-9-23(10-6-22)26-14-13-25(17-27(26)30)35-29(32)20(3)4/h7-8,11-14,17,22-23H,1,3,5-6,9-10,15-16,18H2,2,4H3. The fourth-order valence-electron chi connectivity index (χ4n) is 4.09. The van der Waals surface area contributed by atoms with E-state index in [-0.39, 0.29) is 29.0 Å². The van der Waals surface area contributed by atoms with Crippen LogP contribution >= 0.6 is 0 Å². The maximum Gasteiger partial charge on any atom is 0.338 e. The quantitative estimate of drug-likeness (QED) is 0.226. The van der Waals surface area contributed by atoms with Crippen LogP contribution < -0.4 is 9.47 Å². The Labute approximate surface area is 206 Å². The van der Waals surface area contributed by atoms with Crippen molar-refractivity contribution in [3.63, 3.8) is 0 Å². The molecule has 0 saturated heterocycles. The fourth-order valence-corrected chi connectivity index (χ4v) is 4.09. The van der Waals surface area contributed by atoms with Gasteiger partial charge in [-0.15, -0.1) is 0 Å². The Balaban J connectivity index is 1.42. The second-order valence-electron chi connectivity index (χ2n) is 9.19. The van der Waals surface area contributed by atoms with Crippen LogP contribution in [-0.4, -0.2) is 25.2 Å². The van der Waals surface area contributed by atoms with Crippen molar-refractivity contribution >= 4 is 11.9 Å². The number of benzene rings is 2. The summed E-state index contributed by atoms with van der Waals surface area (Å²) < 4.78 is 30.9. The van der Waals surface area contributed by atoms with E-state index in [1.54, 1.807) is 26.0 Å². The van der Waals surface area contributed by atoms with Gasteiger partial charge in [-0.05, 0) is 80.7 Å². The highest BCUT2D eigenvalue weighted by Gasteiger charge is 2.25. The number of esters is 2. The molecule has 0 N–H and O–H groups in total. The van der Waals surface area contributed by atoms with Gasteiger partial charge in [0.15, 0.2) is 0 Å². The second-order valence-corrected chi connectivity index (χ2v) is 9.19. The van der Waals surface area contributed by atoms with Crippen LogP contribution in [0.2, 0.25) is 0 Å². The van der Waals surface area contributed by atoms with E-state index < -0.39 is 5.97 Å². The van der Waals surface area contributed by atoms with Crippen molar-refractivity contribution in [3.05, 3.63) is 83.7 Å². The van der Waals surface area contributed by atoms with Crippen molar-refractivity contribution in [2.75, 3.05) is 13.2 Å². The Kier molecular flexibility index (Phi) is 9.24. The van der Waals surface area contributed by atoms with E-state index >= 15 is 0 Å². The lowest BCUT2D eigenvalue weighted by atomic mass is 9.79. The smallest absolute Gasteiger partial charge is 0.338 e. The molecule has 3 rings (SSSR count). The highest BCUT2D eigenvalue weighted by atomic mass is 19.1. The Morgan fingerprint density at radius 1 is 0.914 bits per heavy atom. The van der Waals surface area contributed by atoms with Crippen LogP contribution in [0.3, 0.4) is 0 Å². The fraction of sp³-hybridized carbons (Fsp3) is 0.379. The minimum Gasteiger partial charge on any atom is -0.493 e. The summed E-state index contributed by atoms with van der Waals surface area (Å²) in [7, 11) is 0. The van der Waals surface area contributed by atoms with Gasteiger partial charge < -0.3 is 14.2 Å². The highest BCUT2D eigenvalue weighted by Crippen LogP contribution is 2.38. The van der Waals surface area contributed by atoms with Gasteiger partial charge in [0.2, 0.25) is 0 Å². The van der Waals surface area contributed by atoms with E-state index in [1.807, 2.05) is 24.3 Å². The van der Waals surface area contributed by atoms with Gasteiger partial charge in [-0.25, -0.2) is 14.0 Å². The summed E-state index contributed by atoms with van der Waals surface area (Å²) in [6.45, 7) is 11.2. The molecule has 35 heavy (non-hydrogen) atoms. The number of carbonyl (C=O) groups excluding carboxylic acids is 2. The first-order chi connectivity index (χ1) is 16.7. The van der Waals surface area contributed by atoms with Gasteiger partial charge in [-0.1, -0.05) is 31.4 Å². The van der Waals surface area contributed by atoms with Crippen LogP contribution in [-0.2, 0) is 20.7 Å². The zero-order chi connectivity index (χ0) is 25.4. The summed E-state index contributed by atoms with van der Waals surface area (Å²) in [5.41, 5.74) is 2.40. The van der Waals surface area contributed by atoms with Crippen LogP contribution in [0.5, 0.6) is 11.5 Å². The van der Waals surface area contributed by atoms with Gasteiger partial charge >= 0.3 is 11.9 Å². The normalized spacial score (nSPS) is 17.3. The third-order valence-electron chi connectivity index (χ3n) is 6.20. The molecule has 0 aromatic heterocycles. The second kappa shape index (κ2) is 12.3. The van der Waals surface area contributed by atoms with Crippen LogP contribution in [0.15, 0.2) is 66.8 Å². The van der Waals surface area contributed by atoms with Crippen LogP contribution in [0.25, 0.3) is 0 Å². The summed E-state index contributed by atoms with van der Waals surface area (Å²) in [4.78, 5) is 23.1. The van der Waals surface area contributed by atoms with E-state index in [0.717, 1.165) is 37.0 Å². The zero-order valence-corrected chi connectivity index (χ0v) is 20.5. The summed E-state index contributed by atoms with van der Waals surface area (Å²) in [5, 5.41) is 0. The van der Waals surface area contributed by atoms with Crippen molar-refractivity contribution in [2.24, 2.45) is 5.92 Å². The van der Waals surface area contributed by atoms with E-state index in [2.05, 4.69) is 13.2 Å². The lowest BCUT2D eigenvalue weighted by Gasteiger charge is -2.29. The number of hydrogen-bond donors (Lipinski definition) is 0. The Morgan fingerprint density at radius 2 is 1.54 bits per heavy atom. The maximum absolute atomic E-state index is 14.7. The highest BCUT2D eigenvalue weighted by molar-refractivity contribution is 5.88. The van der Waals surface area contributed by atoms with E-state index in [1.165, 1.54) is 6.07 Å². The summed E-state index contributed by atoms with van der Waals surface area (Å²) >= 11 is 0. The molecule has 6 heteroatoms. The minimum absolute atomic E-state index is 0.149. The maximum atomic E-state index is 14.7. The SMILES string of the molecule is C=C(C)C(=O)OCCc1ccc(OCC2CCC(c3ccc(OC(=O)C(=C)C)cc3F)CC2)cc1. The molecule has 2 aromatic rings. The lowest BCUT2D eigenvalue weighted by molar-refractivity contribution is -0.138. The molecule has 1 saturated carbocycles. The van der Waals surface area contributed by atoms with Gasteiger partial charge in [0.1, 0.15) is 17.3 Å². The molecular formula is C29H33FO5. The molecule has 5 nitrogen and oxygen atoms in total. The molecule has 0 aliphatic heterocycles. The molecule has 0 bridgehead atoms. The molecule has 0 atom stereocenters. The Hall–Kier alpha value is -3.41. The topological polar surface area (TPSA) is 61.8 Å².